The molecule has 2 aromatic rings. The van der Waals surface area contributed by atoms with Gasteiger partial charge in [-0.25, -0.2) is 0 Å². The van der Waals surface area contributed by atoms with Crippen molar-refractivity contribution in [3.63, 3.8) is 0 Å². The second kappa shape index (κ2) is 9.28. The summed E-state index contributed by atoms with van der Waals surface area (Å²) < 4.78 is 21.6. The first-order chi connectivity index (χ1) is 14.1. The Bertz CT molecular complexity index is 860. The zero-order chi connectivity index (χ0) is 21.8. The highest BCUT2D eigenvalue weighted by Gasteiger charge is 2.41. The molecule has 0 saturated heterocycles. The summed E-state index contributed by atoms with van der Waals surface area (Å²) in [5.74, 6) is 1.03. The molecule has 1 fully saturated rings. The van der Waals surface area contributed by atoms with E-state index in [4.69, 9.17) is 4.43 Å². The van der Waals surface area contributed by atoms with Crippen LogP contribution in [0.1, 0.15) is 52.9 Å². The molecule has 0 aliphatic heterocycles. The van der Waals surface area contributed by atoms with Crippen molar-refractivity contribution in [1.82, 2.24) is 0 Å². The minimum Gasteiger partial charge on any atom is -0.546 e. The van der Waals surface area contributed by atoms with Crippen LogP contribution in [0.25, 0.3) is 0 Å². The molecule has 1 aliphatic rings. The summed E-state index contributed by atoms with van der Waals surface area (Å²) in [6.45, 7) is 11.4. The number of allylic oxidation sites excluding steroid dienone is 2. The minimum atomic E-state index is -2.85. The highest BCUT2D eigenvalue weighted by molar-refractivity contribution is 7.78. The molecule has 1 saturated carbocycles. The van der Waals surface area contributed by atoms with Gasteiger partial charge in [0.2, 0.25) is 8.32 Å². The highest BCUT2D eigenvalue weighted by Crippen LogP contribution is 2.48. The van der Waals surface area contributed by atoms with Gasteiger partial charge in [0, 0.05) is 10.6 Å². The molecule has 0 atom stereocenters. The maximum absolute atomic E-state index is 14.7. The van der Waals surface area contributed by atoms with Crippen molar-refractivity contribution in [1.29, 1.82) is 0 Å². The zero-order valence-corrected chi connectivity index (χ0v) is 21.2. The molecule has 0 unspecified atom stereocenters. The average Bonchev–Trinajstić information content (AvgIpc) is 2.74. The van der Waals surface area contributed by atoms with E-state index in [0.717, 1.165) is 29.2 Å². The summed E-state index contributed by atoms with van der Waals surface area (Å²) in [5.41, 5.74) is 1.40. The second-order valence-corrected chi connectivity index (χ2v) is 17.6. The molecular weight excluding hydrogens is 403 g/mol. The van der Waals surface area contributed by atoms with Crippen LogP contribution < -0.4 is 10.6 Å². The van der Waals surface area contributed by atoms with E-state index in [1.165, 1.54) is 24.8 Å². The van der Waals surface area contributed by atoms with Gasteiger partial charge in [0.15, 0.2) is 0 Å². The number of rotatable bonds is 6. The van der Waals surface area contributed by atoms with E-state index in [9.17, 15) is 4.57 Å². The van der Waals surface area contributed by atoms with Gasteiger partial charge in [-0.15, -0.1) is 0 Å². The monoisotopic (exact) mass is 440 g/mol. The van der Waals surface area contributed by atoms with Crippen LogP contribution >= 0.6 is 7.14 Å². The third-order valence-corrected chi connectivity index (χ3v) is 14.1. The van der Waals surface area contributed by atoms with Crippen LogP contribution in [0.5, 0.6) is 0 Å². The van der Waals surface area contributed by atoms with E-state index >= 15 is 0 Å². The summed E-state index contributed by atoms with van der Waals surface area (Å²) in [6.07, 6.45) is 6.34. The molecule has 0 heterocycles. The van der Waals surface area contributed by atoms with Crippen molar-refractivity contribution >= 4 is 26.1 Å². The molecule has 0 N–H and O–H groups in total. The van der Waals surface area contributed by atoms with Crippen molar-refractivity contribution in [2.75, 3.05) is 6.16 Å². The lowest BCUT2D eigenvalue weighted by Crippen LogP contribution is -2.41. The van der Waals surface area contributed by atoms with Crippen molar-refractivity contribution in [2.24, 2.45) is 0 Å². The summed E-state index contributed by atoms with van der Waals surface area (Å²) in [5, 5.41) is 1.95. The van der Waals surface area contributed by atoms with Gasteiger partial charge in [0.05, 0.1) is 11.9 Å². The lowest BCUT2D eigenvalue weighted by Gasteiger charge is -2.39. The van der Waals surface area contributed by atoms with E-state index in [1.54, 1.807) is 0 Å². The van der Waals surface area contributed by atoms with Crippen LogP contribution in [0.15, 0.2) is 72.0 Å². The maximum atomic E-state index is 14.7. The molecule has 162 valence electrons. The Morgan fingerprint density at radius 2 is 1.33 bits per heavy atom. The van der Waals surface area contributed by atoms with Gasteiger partial charge in [-0.2, -0.15) is 0 Å². The SMILES string of the molecule is CC(C)(C)[Si](C)(C)OC(CP(=O)(c1ccccc1)c1ccccc1)=C1CCCCC1. The molecule has 0 spiro atoms. The topological polar surface area (TPSA) is 26.3 Å². The first-order valence-corrected chi connectivity index (χ1v) is 16.0. The molecule has 2 nitrogen and oxygen atoms in total. The fourth-order valence-corrected chi connectivity index (χ4v) is 7.73. The summed E-state index contributed by atoms with van der Waals surface area (Å²) >= 11 is 0. The molecular formula is C26H37O2PSi. The van der Waals surface area contributed by atoms with Crippen LogP contribution in [-0.2, 0) is 8.99 Å². The third kappa shape index (κ3) is 5.18. The van der Waals surface area contributed by atoms with Crippen molar-refractivity contribution in [3.05, 3.63) is 72.0 Å². The van der Waals surface area contributed by atoms with Crippen LogP contribution in [0.3, 0.4) is 0 Å². The maximum Gasteiger partial charge on any atom is 0.250 e. The third-order valence-electron chi connectivity index (χ3n) is 6.75. The molecule has 30 heavy (non-hydrogen) atoms. The lowest BCUT2D eigenvalue weighted by molar-refractivity contribution is 0.372. The summed E-state index contributed by atoms with van der Waals surface area (Å²) in [7, 11) is -4.88. The van der Waals surface area contributed by atoms with Crippen LogP contribution in [0.4, 0.5) is 0 Å². The van der Waals surface area contributed by atoms with E-state index in [1.807, 2.05) is 60.7 Å². The Hall–Kier alpha value is -1.57. The van der Waals surface area contributed by atoms with Gasteiger partial charge in [-0.3, -0.25) is 0 Å². The standard InChI is InChI=1S/C26H37O2PSi/c1-26(2,3)30(4,5)28-25(22-15-9-6-10-16-22)21-29(27,23-17-11-7-12-18-23)24-19-13-8-14-20-24/h7-8,11-14,17-20H,6,9-10,15-16,21H2,1-5H3. The molecule has 0 aromatic heterocycles. The molecule has 1 aliphatic carbocycles. The quantitative estimate of drug-likeness (QED) is 0.269. The predicted octanol–water partition coefficient (Wildman–Crippen LogP) is 7.24. The summed E-state index contributed by atoms with van der Waals surface area (Å²) in [4.78, 5) is 0. The van der Waals surface area contributed by atoms with E-state index in [-0.39, 0.29) is 5.04 Å². The lowest BCUT2D eigenvalue weighted by atomic mass is 9.94. The number of hydrogen-bond donors (Lipinski definition) is 0. The van der Waals surface area contributed by atoms with Gasteiger partial charge in [-0.05, 0) is 49.4 Å². The Morgan fingerprint density at radius 3 is 1.77 bits per heavy atom. The molecule has 2 aromatic carbocycles. The Kier molecular flexibility index (Phi) is 7.15. The van der Waals surface area contributed by atoms with Crippen LogP contribution in [-0.4, -0.2) is 14.5 Å². The normalized spacial score (nSPS) is 15.7. The van der Waals surface area contributed by atoms with Crippen molar-refractivity contribution in [3.8, 4) is 0 Å². The fraction of sp³-hybridized carbons (Fsp3) is 0.462. The number of hydrogen-bond acceptors (Lipinski definition) is 2. The smallest absolute Gasteiger partial charge is 0.250 e. The van der Waals surface area contributed by atoms with Crippen molar-refractivity contribution < 1.29 is 8.99 Å². The molecule has 0 amide bonds. The summed E-state index contributed by atoms with van der Waals surface area (Å²) in [6, 6.07) is 20.0. The molecule has 0 radical (unpaired) electrons. The first-order valence-electron chi connectivity index (χ1n) is 11.2. The van der Waals surface area contributed by atoms with Gasteiger partial charge in [0.25, 0.3) is 0 Å². The van der Waals surface area contributed by atoms with Gasteiger partial charge in [0.1, 0.15) is 7.14 Å². The fourth-order valence-electron chi connectivity index (χ4n) is 3.81. The minimum absolute atomic E-state index is 0.108. The van der Waals surface area contributed by atoms with Crippen LogP contribution in [0, 0.1) is 0 Å². The van der Waals surface area contributed by atoms with E-state index in [0.29, 0.717) is 6.16 Å². The molecule has 4 heteroatoms. The Morgan fingerprint density at radius 1 is 0.867 bits per heavy atom. The first kappa shape index (κ1) is 23.1. The van der Waals surface area contributed by atoms with Gasteiger partial charge >= 0.3 is 0 Å². The predicted molar refractivity (Wildman–Crippen MR) is 133 cm³/mol. The second-order valence-electron chi connectivity index (χ2n) is 10.0. The zero-order valence-electron chi connectivity index (χ0n) is 19.3. The molecule has 0 bridgehead atoms. The van der Waals surface area contributed by atoms with E-state index in [2.05, 4.69) is 33.9 Å². The highest BCUT2D eigenvalue weighted by atomic mass is 31.2. The number of benzene rings is 2. The van der Waals surface area contributed by atoms with Gasteiger partial charge in [-0.1, -0.05) is 87.9 Å². The van der Waals surface area contributed by atoms with E-state index < -0.39 is 15.5 Å². The largest absolute Gasteiger partial charge is 0.546 e. The van der Waals surface area contributed by atoms with Crippen molar-refractivity contribution in [2.45, 2.75) is 71.0 Å². The average molecular weight is 441 g/mol. The Balaban J connectivity index is 2.09. The molecule has 3 rings (SSSR count). The Labute approximate surface area is 184 Å². The van der Waals surface area contributed by atoms with Gasteiger partial charge < -0.3 is 8.99 Å². The van der Waals surface area contributed by atoms with Crippen LogP contribution in [0.2, 0.25) is 18.1 Å².